The van der Waals surface area contributed by atoms with Crippen LogP contribution in [0, 0.1) is 6.92 Å². The van der Waals surface area contributed by atoms with Crippen molar-refractivity contribution in [3.8, 4) is 0 Å². The van der Waals surface area contributed by atoms with Gasteiger partial charge >= 0.3 is 0 Å². The van der Waals surface area contributed by atoms with Crippen LogP contribution in [0.4, 0.5) is 10.2 Å². The Labute approximate surface area is 65.6 Å². The van der Waals surface area contributed by atoms with Crippen molar-refractivity contribution in [3.05, 3.63) is 29.8 Å². The van der Waals surface area contributed by atoms with Crippen molar-refractivity contribution < 1.29 is 4.48 Å². The number of nitrogens with one attached hydrogen (secondary N) is 1. The monoisotopic (exact) mass is 161 g/mol. The number of aryl methyl sites for hydroxylation is 1. The van der Waals surface area contributed by atoms with Gasteiger partial charge in [0.25, 0.3) is 0 Å². The first-order valence-electron chi connectivity index (χ1n) is 2.77. The first-order chi connectivity index (χ1) is 4.34. The van der Waals surface area contributed by atoms with Gasteiger partial charge in [-0.05, 0) is 18.6 Å². The second-order valence-electron chi connectivity index (χ2n) is 1.91. The van der Waals surface area contributed by atoms with E-state index in [9.17, 15) is 4.48 Å². The molecule has 10 heavy (non-hydrogen) atoms. The zero-order valence-electron chi connectivity index (χ0n) is 5.60. The molecule has 1 N–H and O–H groups in total. The predicted molar refractivity (Wildman–Crippen MR) is 43.2 cm³/mol. The third-order valence-electron chi connectivity index (χ3n) is 1.25. The van der Waals surface area contributed by atoms with Crippen LogP contribution in [0.1, 0.15) is 5.56 Å². The van der Waals surface area contributed by atoms with Crippen molar-refractivity contribution in [2.45, 2.75) is 6.92 Å². The molecule has 0 aromatic heterocycles. The molecule has 0 aliphatic rings. The third-order valence-corrected chi connectivity index (χ3v) is 1.25. The lowest BCUT2D eigenvalue weighted by Gasteiger charge is -1.97. The van der Waals surface area contributed by atoms with E-state index in [1.807, 2.05) is 19.1 Å². The molecule has 0 spiro atoms. The van der Waals surface area contributed by atoms with Crippen molar-refractivity contribution >= 4 is 18.1 Å². The summed E-state index contributed by atoms with van der Waals surface area (Å²) in [4.78, 5) is 0. The molecule has 0 unspecified atom stereocenters. The van der Waals surface area contributed by atoms with Crippen molar-refractivity contribution in [3.63, 3.8) is 0 Å². The molecule has 0 atom stereocenters. The lowest BCUT2D eigenvalue weighted by atomic mass is 10.2. The summed E-state index contributed by atoms with van der Waals surface area (Å²) in [6.45, 7) is 1.85. The number of hydrogen-bond donors (Lipinski definition) is 1. The van der Waals surface area contributed by atoms with Gasteiger partial charge in [0.15, 0.2) is 0 Å². The Kier molecular flexibility index (Phi) is 3.81. The quantitative estimate of drug-likeness (QED) is 0.625. The van der Waals surface area contributed by atoms with Crippen LogP contribution in [-0.4, -0.2) is 0 Å². The molecule has 1 rings (SSSR count). The van der Waals surface area contributed by atoms with E-state index >= 15 is 0 Å². The van der Waals surface area contributed by atoms with Gasteiger partial charge in [-0.3, -0.25) is 0 Å². The van der Waals surface area contributed by atoms with E-state index in [0.717, 1.165) is 5.56 Å². The summed E-state index contributed by atoms with van der Waals surface area (Å²) in [5.74, 6) is 0. The molecule has 1 aromatic rings. The fourth-order valence-corrected chi connectivity index (χ4v) is 0.679. The summed E-state index contributed by atoms with van der Waals surface area (Å²) in [5, 5.41) is 0. The Morgan fingerprint density at radius 2 is 1.90 bits per heavy atom. The van der Waals surface area contributed by atoms with Gasteiger partial charge in [0.1, 0.15) is 0 Å². The number of benzene rings is 1. The zero-order chi connectivity index (χ0) is 6.69. The largest absolute Gasteiger partial charge is 0.224 e. The van der Waals surface area contributed by atoms with Gasteiger partial charge in [-0.1, -0.05) is 18.2 Å². The molecule has 1 aromatic carbocycles. The van der Waals surface area contributed by atoms with Crippen LogP contribution in [0.2, 0.25) is 0 Å². The molecule has 3 heteroatoms. The van der Waals surface area contributed by atoms with Gasteiger partial charge in [0, 0.05) is 0 Å². The predicted octanol–water partition coefficient (Wildman–Crippen LogP) is 2.71. The molecule has 0 saturated heterocycles. The molecule has 0 bridgehead atoms. The molecule has 0 saturated carbocycles. The summed E-state index contributed by atoms with van der Waals surface area (Å²) < 4.78 is 11.7. The summed E-state index contributed by atoms with van der Waals surface area (Å²) in [7, 11) is 0. The minimum absolute atomic E-state index is 0. The number of rotatable bonds is 1. The van der Waals surface area contributed by atoms with Crippen LogP contribution in [0.3, 0.4) is 0 Å². The van der Waals surface area contributed by atoms with E-state index in [4.69, 9.17) is 0 Å². The molecule has 0 heterocycles. The Morgan fingerprint density at radius 3 is 2.30 bits per heavy atom. The Balaban J connectivity index is 0.000000810. The fraction of sp³-hybridized carbons (Fsp3) is 0.143. The molecule has 56 valence electrons. The zero-order valence-corrected chi connectivity index (χ0v) is 6.41. The van der Waals surface area contributed by atoms with Crippen molar-refractivity contribution in [1.29, 1.82) is 0 Å². The molecular weight excluding hydrogens is 153 g/mol. The maximum atomic E-state index is 11.7. The molecule has 0 aliphatic carbocycles. The van der Waals surface area contributed by atoms with Crippen molar-refractivity contribution in [1.82, 2.24) is 0 Å². The van der Waals surface area contributed by atoms with Crippen LogP contribution in [0.5, 0.6) is 0 Å². The highest BCUT2D eigenvalue weighted by molar-refractivity contribution is 5.85. The summed E-state index contributed by atoms with van der Waals surface area (Å²) in [6, 6.07) is 7.20. The van der Waals surface area contributed by atoms with Gasteiger partial charge in [0.05, 0.1) is 5.69 Å². The number of hydrogen-bond acceptors (Lipinski definition) is 1. The summed E-state index contributed by atoms with van der Waals surface area (Å²) in [5.41, 5.74) is 3.05. The number of para-hydroxylation sites is 1. The van der Waals surface area contributed by atoms with E-state index in [1.54, 1.807) is 17.7 Å². The van der Waals surface area contributed by atoms with Gasteiger partial charge in [0.2, 0.25) is 0 Å². The van der Waals surface area contributed by atoms with Gasteiger partial charge in [-0.25, -0.2) is 5.54 Å². The third kappa shape index (κ3) is 1.88. The lowest BCUT2D eigenvalue weighted by Crippen LogP contribution is -1.83. The van der Waals surface area contributed by atoms with E-state index in [2.05, 4.69) is 0 Å². The summed E-state index contributed by atoms with van der Waals surface area (Å²) >= 11 is 0. The maximum Gasteiger partial charge on any atom is 0.0684 e. The number of halogens is 2. The van der Waals surface area contributed by atoms with E-state index < -0.39 is 0 Å². The van der Waals surface area contributed by atoms with Gasteiger partial charge < -0.3 is 0 Å². The molecule has 1 nitrogen and oxygen atoms in total. The smallest absolute Gasteiger partial charge is 0.0684 e. The van der Waals surface area contributed by atoms with Gasteiger partial charge in [-0.2, -0.15) is 0 Å². The minimum Gasteiger partial charge on any atom is -0.224 e. The van der Waals surface area contributed by atoms with E-state index in [1.165, 1.54) is 0 Å². The molecule has 0 amide bonds. The first-order valence-corrected chi connectivity index (χ1v) is 2.77. The second-order valence-corrected chi connectivity index (χ2v) is 1.91. The van der Waals surface area contributed by atoms with Gasteiger partial charge in [-0.15, -0.1) is 16.9 Å². The standard InChI is InChI=1S/C7H8FN.ClH/c1-6-4-2-3-5-7(6)9-8;/h2-5,9H,1H3;1H. The SMILES string of the molecule is Cc1ccccc1NF.Cl. The van der Waals surface area contributed by atoms with E-state index in [-0.39, 0.29) is 12.4 Å². The first kappa shape index (κ1) is 9.24. The Morgan fingerprint density at radius 1 is 1.30 bits per heavy atom. The molecule has 0 aliphatic heterocycles. The highest BCUT2D eigenvalue weighted by atomic mass is 35.5. The van der Waals surface area contributed by atoms with Crippen LogP contribution in [-0.2, 0) is 0 Å². The molecule has 0 radical (unpaired) electrons. The fourth-order valence-electron chi connectivity index (χ4n) is 0.679. The van der Waals surface area contributed by atoms with E-state index in [0.29, 0.717) is 5.69 Å². The highest BCUT2D eigenvalue weighted by Crippen LogP contribution is 2.12. The minimum atomic E-state index is 0. The number of anilines is 1. The van der Waals surface area contributed by atoms with Crippen LogP contribution >= 0.6 is 12.4 Å². The van der Waals surface area contributed by atoms with Crippen LogP contribution in [0.25, 0.3) is 0 Å². The average Bonchev–Trinajstić information content (AvgIpc) is 1.89. The van der Waals surface area contributed by atoms with Crippen molar-refractivity contribution in [2.24, 2.45) is 0 Å². The van der Waals surface area contributed by atoms with Crippen molar-refractivity contribution in [2.75, 3.05) is 5.54 Å². The topological polar surface area (TPSA) is 12.0 Å². The average molecular weight is 162 g/mol. The van der Waals surface area contributed by atoms with Crippen LogP contribution in [0.15, 0.2) is 24.3 Å². The maximum absolute atomic E-state index is 11.7. The molecular formula is C7H9ClFN. The lowest BCUT2D eigenvalue weighted by molar-refractivity contribution is 0.616. The molecule has 0 fully saturated rings. The second kappa shape index (κ2) is 4.12. The normalized spacial score (nSPS) is 8.20. The Hall–Kier alpha value is -0.760. The summed E-state index contributed by atoms with van der Waals surface area (Å²) in [6.07, 6.45) is 0. The van der Waals surface area contributed by atoms with Crippen LogP contribution < -0.4 is 5.54 Å². The Bertz CT molecular complexity index is 203. The highest BCUT2D eigenvalue weighted by Gasteiger charge is 1.90.